The normalized spacial score (nSPS) is 25.6. The van der Waals surface area contributed by atoms with E-state index in [1.165, 1.54) is 5.56 Å². The Morgan fingerprint density at radius 3 is 2.69 bits per heavy atom. The topological polar surface area (TPSA) is 17.1 Å². The van der Waals surface area contributed by atoms with Gasteiger partial charge in [0, 0.05) is 12.3 Å². The zero-order valence-electron chi connectivity index (χ0n) is 7.86. The SMILES string of the molecule is CCC(=O)C1CC1c1ccccc1. The van der Waals surface area contributed by atoms with E-state index in [4.69, 9.17) is 0 Å². The van der Waals surface area contributed by atoms with Gasteiger partial charge in [0.15, 0.2) is 0 Å². The van der Waals surface area contributed by atoms with Crippen LogP contribution in [0.3, 0.4) is 0 Å². The van der Waals surface area contributed by atoms with Crippen LogP contribution in [-0.2, 0) is 4.79 Å². The fraction of sp³-hybridized carbons (Fsp3) is 0.417. The van der Waals surface area contributed by atoms with Gasteiger partial charge in [-0.05, 0) is 17.9 Å². The Hall–Kier alpha value is -1.11. The first-order chi connectivity index (χ1) is 6.33. The molecule has 13 heavy (non-hydrogen) atoms. The maximum absolute atomic E-state index is 11.4. The number of Topliss-reactive ketones (excluding diaryl/α,β-unsaturated/α-hetero) is 1. The standard InChI is InChI=1S/C12H14O/c1-2-12(13)11-8-10(11)9-6-4-3-5-7-9/h3-7,10-11H,2,8H2,1H3. The molecule has 1 fully saturated rings. The Kier molecular flexibility index (Phi) is 2.17. The van der Waals surface area contributed by atoms with E-state index >= 15 is 0 Å². The van der Waals surface area contributed by atoms with E-state index in [9.17, 15) is 4.79 Å². The largest absolute Gasteiger partial charge is 0.299 e. The number of hydrogen-bond donors (Lipinski definition) is 0. The predicted octanol–water partition coefficient (Wildman–Crippen LogP) is 2.77. The Balaban J connectivity index is 2.04. The second-order valence-electron chi connectivity index (χ2n) is 3.68. The molecule has 0 N–H and O–H groups in total. The molecule has 0 amide bonds. The van der Waals surface area contributed by atoms with Crippen molar-refractivity contribution in [2.75, 3.05) is 0 Å². The van der Waals surface area contributed by atoms with Crippen LogP contribution >= 0.6 is 0 Å². The first kappa shape index (κ1) is 8.49. The quantitative estimate of drug-likeness (QED) is 0.688. The third-order valence-corrected chi connectivity index (χ3v) is 2.78. The molecule has 0 aliphatic heterocycles. The smallest absolute Gasteiger partial charge is 0.136 e. The van der Waals surface area contributed by atoms with Gasteiger partial charge in [0.25, 0.3) is 0 Å². The lowest BCUT2D eigenvalue weighted by atomic mass is 10.1. The molecule has 2 unspecified atom stereocenters. The van der Waals surface area contributed by atoms with Gasteiger partial charge < -0.3 is 0 Å². The minimum atomic E-state index is 0.326. The molecule has 0 heterocycles. The zero-order chi connectivity index (χ0) is 9.26. The minimum absolute atomic E-state index is 0.326. The average molecular weight is 174 g/mol. The summed E-state index contributed by atoms with van der Waals surface area (Å²) in [7, 11) is 0. The van der Waals surface area contributed by atoms with Crippen molar-refractivity contribution < 1.29 is 4.79 Å². The van der Waals surface area contributed by atoms with Crippen LogP contribution in [0.2, 0.25) is 0 Å². The summed E-state index contributed by atoms with van der Waals surface area (Å²) in [5.74, 6) is 1.27. The predicted molar refractivity (Wildman–Crippen MR) is 52.6 cm³/mol. The average Bonchev–Trinajstić information content (AvgIpc) is 2.98. The van der Waals surface area contributed by atoms with Gasteiger partial charge in [0.05, 0.1) is 0 Å². The first-order valence-electron chi connectivity index (χ1n) is 4.90. The second-order valence-corrected chi connectivity index (χ2v) is 3.68. The summed E-state index contributed by atoms with van der Waals surface area (Å²) in [6, 6.07) is 10.3. The lowest BCUT2D eigenvalue weighted by molar-refractivity contribution is -0.120. The number of rotatable bonds is 3. The molecule has 1 aliphatic rings. The van der Waals surface area contributed by atoms with Gasteiger partial charge in [-0.1, -0.05) is 37.3 Å². The van der Waals surface area contributed by atoms with Crippen molar-refractivity contribution in [3.63, 3.8) is 0 Å². The molecule has 0 radical (unpaired) electrons. The van der Waals surface area contributed by atoms with Crippen molar-refractivity contribution in [3.8, 4) is 0 Å². The van der Waals surface area contributed by atoms with Crippen molar-refractivity contribution in [3.05, 3.63) is 35.9 Å². The minimum Gasteiger partial charge on any atom is -0.299 e. The lowest BCUT2D eigenvalue weighted by Gasteiger charge is -1.97. The van der Waals surface area contributed by atoms with E-state index in [0.717, 1.165) is 6.42 Å². The van der Waals surface area contributed by atoms with Gasteiger partial charge in [-0.2, -0.15) is 0 Å². The summed E-state index contributed by atoms with van der Waals surface area (Å²) in [4.78, 5) is 11.4. The molecule has 1 aromatic rings. The number of carbonyl (C=O) groups is 1. The maximum Gasteiger partial charge on any atom is 0.136 e. The van der Waals surface area contributed by atoms with Crippen molar-refractivity contribution in [1.82, 2.24) is 0 Å². The van der Waals surface area contributed by atoms with Gasteiger partial charge >= 0.3 is 0 Å². The molecule has 1 heteroatoms. The van der Waals surface area contributed by atoms with Crippen LogP contribution in [0, 0.1) is 5.92 Å². The molecule has 2 atom stereocenters. The summed E-state index contributed by atoms with van der Waals surface area (Å²) in [5, 5.41) is 0. The molecule has 0 saturated heterocycles. The van der Waals surface area contributed by atoms with E-state index in [1.807, 2.05) is 25.1 Å². The van der Waals surface area contributed by atoms with E-state index in [2.05, 4.69) is 12.1 Å². The molecule has 1 aromatic carbocycles. The van der Waals surface area contributed by atoms with Crippen LogP contribution in [0.25, 0.3) is 0 Å². The third-order valence-electron chi connectivity index (χ3n) is 2.78. The Morgan fingerprint density at radius 1 is 1.38 bits per heavy atom. The van der Waals surface area contributed by atoms with Crippen LogP contribution in [0.15, 0.2) is 30.3 Å². The van der Waals surface area contributed by atoms with Crippen LogP contribution in [0.5, 0.6) is 0 Å². The van der Waals surface area contributed by atoms with Crippen molar-refractivity contribution in [2.45, 2.75) is 25.7 Å². The second kappa shape index (κ2) is 3.33. The summed E-state index contributed by atoms with van der Waals surface area (Å²) in [5.41, 5.74) is 1.33. The Labute approximate surface area is 78.8 Å². The van der Waals surface area contributed by atoms with Crippen LogP contribution in [0.1, 0.15) is 31.2 Å². The number of benzene rings is 1. The molecule has 1 aliphatic carbocycles. The van der Waals surface area contributed by atoms with Crippen LogP contribution < -0.4 is 0 Å². The third kappa shape index (κ3) is 1.64. The summed E-state index contributed by atoms with van der Waals surface area (Å²) >= 11 is 0. The number of carbonyl (C=O) groups excluding carboxylic acids is 1. The highest BCUT2D eigenvalue weighted by Crippen LogP contribution is 2.48. The molecule has 1 nitrogen and oxygen atoms in total. The monoisotopic (exact) mass is 174 g/mol. The van der Waals surface area contributed by atoms with Crippen molar-refractivity contribution >= 4 is 5.78 Å². The van der Waals surface area contributed by atoms with Crippen LogP contribution in [-0.4, -0.2) is 5.78 Å². The highest BCUT2D eigenvalue weighted by atomic mass is 16.1. The van der Waals surface area contributed by atoms with E-state index < -0.39 is 0 Å². The first-order valence-corrected chi connectivity index (χ1v) is 4.90. The van der Waals surface area contributed by atoms with Gasteiger partial charge in [-0.25, -0.2) is 0 Å². The van der Waals surface area contributed by atoms with E-state index in [0.29, 0.717) is 24.0 Å². The fourth-order valence-corrected chi connectivity index (χ4v) is 1.88. The number of hydrogen-bond acceptors (Lipinski definition) is 1. The number of ketones is 1. The fourth-order valence-electron chi connectivity index (χ4n) is 1.88. The molecule has 0 aromatic heterocycles. The molecule has 68 valence electrons. The van der Waals surface area contributed by atoms with Gasteiger partial charge in [0.1, 0.15) is 5.78 Å². The zero-order valence-corrected chi connectivity index (χ0v) is 7.86. The Bertz CT molecular complexity index is 302. The molecule has 0 bridgehead atoms. The van der Waals surface area contributed by atoms with Crippen molar-refractivity contribution in [2.24, 2.45) is 5.92 Å². The Morgan fingerprint density at radius 2 is 2.08 bits per heavy atom. The molecule has 2 rings (SSSR count). The van der Waals surface area contributed by atoms with Gasteiger partial charge in [-0.15, -0.1) is 0 Å². The maximum atomic E-state index is 11.4. The van der Waals surface area contributed by atoms with Gasteiger partial charge in [0.2, 0.25) is 0 Å². The van der Waals surface area contributed by atoms with E-state index in [1.54, 1.807) is 0 Å². The van der Waals surface area contributed by atoms with Gasteiger partial charge in [-0.3, -0.25) is 4.79 Å². The molecular formula is C12H14O. The highest BCUT2D eigenvalue weighted by molar-refractivity contribution is 5.84. The molecule has 1 saturated carbocycles. The summed E-state index contributed by atoms with van der Waals surface area (Å²) in [6.07, 6.45) is 1.75. The lowest BCUT2D eigenvalue weighted by Crippen LogP contribution is -1.99. The van der Waals surface area contributed by atoms with Crippen LogP contribution in [0.4, 0.5) is 0 Å². The molecule has 0 spiro atoms. The van der Waals surface area contributed by atoms with Crippen molar-refractivity contribution in [1.29, 1.82) is 0 Å². The summed E-state index contributed by atoms with van der Waals surface area (Å²) < 4.78 is 0. The van der Waals surface area contributed by atoms with E-state index in [-0.39, 0.29) is 0 Å². The summed E-state index contributed by atoms with van der Waals surface area (Å²) in [6.45, 7) is 1.95. The highest BCUT2D eigenvalue weighted by Gasteiger charge is 2.42. The molecular weight excluding hydrogens is 160 g/mol.